The van der Waals surface area contributed by atoms with Gasteiger partial charge in [-0.2, -0.15) is 5.26 Å². The first kappa shape index (κ1) is 16.9. The number of aldehydes is 2. The lowest BCUT2D eigenvalue weighted by Crippen LogP contribution is -2.22. The second kappa shape index (κ2) is 7.70. The first-order chi connectivity index (χ1) is 11.6. The van der Waals surface area contributed by atoms with Crippen molar-refractivity contribution in [2.45, 2.75) is 6.04 Å². The molecule has 0 spiro atoms. The first-order valence-electron chi connectivity index (χ1n) is 7.01. The highest BCUT2D eigenvalue weighted by atomic mass is 16.5. The van der Waals surface area contributed by atoms with Crippen molar-refractivity contribution in [3.8, 4) is 6.07 Å². The van der Waals surface area contributed by atoms with E-state index < -0.39 is 12.0 Å². The van der Waals surface area contributed by atoms with Gasteiger partial charge in [-0.05, 0) is 48.0 Å². The molecular formula is C18H14N2O4. The van der Waals surface area contributed by atoms with Crippen LogP contribution >= 0.6 is 0 Å². The normalized spacial score (nSPS) is 11.0. The van der Waals surface area contributed by atoms with Crippen LogP contribution in [0.5, 0.6) is 0 Å². The highest BCUT2D eigenvalue weighted by Crippen LogP contribution is 2.23. The molecule has 0 saturated carbocycles. The van der Waals surface area contributed by atoms with E-state index in [0.717, 1.165) is 0 Å². The van der Waals surface area contributed by atoms with Gasteiger partial charge in [0.25, 0.3) is 0 Å². The Labute approximate surface area is 138 Å². The summed E-state index contributed by atoms with van der Waals surface area (Å²) in [6, 6.07) is 12.1. The molecule has 120 valence electrons. The number of hydrogen-bond acceptors (Lipinski definition) is 6. The number of carbonyl (C=O) groups excluding carboxylic acids is 3. The number of carbonyl (C=O) groups is 3. The van der Waals surface area contributed by atoms with Crippen LogP contribution in [0.15, 0.2) is 42.5 Å². The summed E-state index contributed by atoms with van der Waals surface area (Å²) in [5.74, 6) is -0.570. The molecule has 0 aliphatic carbocycles. The summed E-state index contributed by atoms with van der Waals surface area (Å²) < 4.78 is 4.80. The molecule has 0 radical (unpaired) electrons. The van der Waals surface area contributed by atoms with Crippen LogP contribution in [-0.4, -0.2) is 25.7 Å². The van der Waals surface area contributed by atoms with Crippen molar-refractivity contribution < 1.29 is 19.1 Å². The molecular weight excluding hydrogens is 308 g/mol. The Hall–Kier alpha value is -3.46. The van der Waals surface area contributed by atoms with Gasteiger partial charge in [0.2, 0.25) is 0 Å². The van der Waals surface area contributed by atoms with Crippen molar-refractivity contribution in [1.82, 2.24) is 0 Å². The first-order valence-corrected chi connectivity index (χ1v) is 7.01. The zero-order valence-electron chi connectivity index (χ0n) is 12.9. The van der Waals surface area contributed by atoms with Crippen LogP contribution in [0.25, 0.3) is 0 Å². The minimum atomic E-state index is -0.901. The molecule has 0 bridgehead atoms. The van der Waals surface area contributed by atoms with E-state index in [0.29, 0.717) is 29.4 Å². The van der Waals surface area contributed by atoms with E-state index in [1.54, 1.807) is 24.3 Å². The zero-order valence-corrected chi connectivity index (χ0v) is 12.9. The summed E-state index contributed by atoms with van der Waals surface area (Å²) in [6.07, 6.45) is 1.21. The van der Waals surface area contributed by atoms with Gasteiger partial charge < -0.3 is 10.1 Å². The average Bonchev–Trinajstić information content (AvgIpc) is 2.65. The summed E-state index contributed by atoms with van der Waals surface area (Å²) in [4.78, 5) is 34.2. The van der Waals surface area contributed by atoms with E-state index in [1.807, 2.05) is 6.07 Å². The molecule has 24 heavy (non-hydrogen) atoms. The summed E-state index contributed by atoms with van der Waals surface area (Å²) >= 11 is 0. The number of nitrogens with zero attached hydrogens (tertiary/aromatic N) is 1. The molecule has 0 aromatic heterocycles. The van der Waals surface area contributed by atoms with Crippen molar-refractivity contribution in [3.63, 3.8) is 0 Å². The lowest BCUT2D eigenvalue weighted by molar-refractivity contribution is -0.141. The van der Waals surface area contributed by atoms with E-state index >= 15 is 0 Å². The van der Waals surface area contributed by atoms with Crippen molar-refractivity contribution in [2.24, 2.45) is 0 Å². The molecule has 1 unspecified atom stereocenters. The maximum atomic E-state index is 12.1. The Bertz CT molecular complexity index is 781. The third kappa shape index (κ3) is 3.84. The molecule has 0 amide bonds. The van der Waals surface area contributed by atoms with Crippen molar-refractivity contribution in [3.05, 3.63) is 64.7 Å². The molecule has 0 aliphatic heterocycles. The highest BCUT2D eigenvalue weighted by Gasteiger charge is 2.22. The third-order valence-corrected chi connectivity index (χ3v) is 3.37. The molecule has 6 heteroatoms. The number of hydrogen-bond donors (Lipinski definition) is 1. The third-order valence-electron chi connectivity index (χ3n) is 3.37. The number of nitriles is 1. The standard InChI is InChI=1S/C18H14N2O4/c1-24-18(23)17(20-16-4-2-12(9-19)3-5-16)15-7-13(10-21)6-14(8-15)11-22/h2-8,10-11,17,20H,1H3. The Balaban J connectivity index is 2.41. The minimum absolute atomic E-state index is 0.283. The van der Waals surface area contributed by atoms with E-state index in [4.69, 9.17) is 10.00 Å². The van der Waals surface area contributed by atoms with Gasteiger partial charge in [-0.15, -0.1) is 0 Å². The van der Waals surface area contributed by atoms with Crippen LogP contribution in [0.4, 0.5) is 5.69 Å². The quantitative estimate of drug-likeness (QED) is 0.648. The molecule has 1 atom stereocenters. The smallest absolute Gasteiger partial charge is 0.332 e. The number of methoxy groups -OCH3 is 1. The maximum absolute atomic E-state index is 12.1. The van der Waals surface area contributed by atoms with Gasteiger partial charge in [-0.1, -0.05) is 0 Å². The second-order valence-corrected chi connectivity index (χ2v) is 4.96. The molecule has 2 rings (SSSR count). The molecule has 2 aromatic rings. The summed E-state index contributed by atoms with van der Waals surface area (Å²) in [5, 5.41) is 11.8. The molecule has 2 aromatic carbocycles. The molecule has 1 N–H and O–H groups in total. The predicted molar refractivity (Wildman–Crippen MR) is 86.8 cm³/mol. The number of nitrogens with one attached hydrogen (secondary N) is 1. The van der Waals surface area contributed by atoms with Gasteiger partial charge in [0, 0.05) is 16.8 Å². The Morgan fingerprint density at radius 3 is 2.17 bits per heavy atom. The monoisotopic (exact) mass is 322 g/mol. The summed E-state index contributed by atoms with van der Waals surface area (Å²) in [6.45, 7) is 0. The van der Waals surface area contributed by atoms with Crippen LogP contribution in [0.1, 0.15) is 37.9 Å². The van der Waals surface area contributed by atoms with Gasteiger partial charge in [0.1, 0.15) is 12.6 Å². The lowest BCUT2D eigenvalue weighted by Gasteiger charge is -2.19. The van der Waals surface area contributed by atoms with Crippen LogP contribution in [0.3, 0.4) is 0 Å². The molecule has 6 nitrogen and oxygen atoms in total. The zero-order chi connectivity index (χ0) is 17.5. The molecule has 0 heterocycles. The van der Waals surface area contributed by atoms with E-state index in [2.05, 4.69) is 5.32 Å². The van der Waals surface area contributed by atoms with Crippen molar-refractivity contribution >= 4 is 24.2 Å². The number of ether oxygens (including phenoxy) is 1. The highest BCUT2D eigenvalue weighted by molar-refractivity contribution is 5.86. The predicted octanol–water partition coefficient (Wildman–Crippen LogP) is 2.51. The number of benzene rings is 2. The fraction of sp³-hybridized carbons (Fsp3) is 0.111. The van der Waals surface area contributed by atoms with Gasteiger partial charge in [0.05, 0.1) is 18.7 Å². The summed E-state index contributed by atoms with van der Waals surface area (Å²) in [7, 11) is 1.25. The topological polar surface area (TPSA) is 96.3 Å². The fourth-order valence-corrected chi connectivity index (χ4v) is 2.21. The Kier molecular flexibility index (Phi) is 5.42. The lowest BCUT2D eigenvalue weighted by atomic mass is 10.0. The van der Waals surface area contributed by atoms with Gasteiger partial charge in [-0.25, -0.2) is 4.79 Å². The Morgan fingerprint density at radius 1 is 1.12 bits per heavy atom. The van der Waals surface area contributed by atoms with Gasteiger partial charge >= 0.3 is 5.97 Å². The molecule has 0 fully saturated rings. The fourth-order valence-electron chi connectivity index (χ4n) is 2.21. The molecule has 0 aliphatic rings. The van der Waals surface area contributed by atoms with Crippen LogP contribution < -0.4 is 5.32 Å². The van der Waals surface area contributed by atoms with Gasteiger partial charge in [0.15, 0.2) is 6.04 Å². The van der Waals surface area contributed by atoms with E-state index in [-0.39, 0.29) is 11.1 Å². The average molecular weight is 322 g/mol. The largest absolute Gasteiger partial charge is 0.467 e. The molecule has 0 saturated heterocycles. The number of anilines is 1. The van der Waals surface area contributed by atoms with E-state index in [1.165, 1.54) is 25.3 Å². The summed E-state index contributed by atoms with van der Waals surface area (Å²) in [5.41, 5.74) is 2.07. The maximum Gasteiger partial charge on any atom is 0.332 e. The van der Waals surface area contributed by atoms with E-state index in [9.17, 15) is 14.4 Å². The second-order valence-electron chi connectivity index (χ2n) is 4.96. The minimum Gasteiger partial charge on any atom is -0.467 e. The van der Waals surface area contributed by atoms with Crippen molar-refractivity contribution in [2.75, 3.05) is 12.4 Å². The van der Waals surface area contributed by atoms with Crippen LogP contribution in [0.2, 0.25) is 0 Å². The van der Waals surface area contributed by atoms with Crippen molar-refractivity contribution in [1.29, 1.82) is 5.26 Å². The van der Waals surface area contributed by atoms with Crippen LogP contribution in [-0.2, 0) is 9.53 Å². The van der Waals surface area contributed by atoms with Crippen LogP contribution in [0, 0.1) is 11.3 Å². The number of esters is 1. The number of rotatable bonds is 6. The SMILES string of the molecule is COC(=O)C(Nc1ccc(C#N)cc1)c1cc(C=O)cc(C=O)c1. The Morgan fingerprint density at radius 2 is 1.71 bits per heavy atom. The van der Waals surface area contributed by atoms with Gasteiger partial charge in [-0.3, -0.25) is 9.59 Å².